The van der Waals surface area contributed by atoms with E-state index in [1.54, 1.807) is 0 Å². The molecule has 0 spiro atoms. The summed E-state index contributed by atoms with van der Waals surface area (Å²) < 4.78 is 1.81. The van der Waals surface area contributed by atoms with Gasteiger partial charge in [0.05, 0.1) is 5.69 Å². The number of carbonyl (C=O) groups is 2. The Morgan fingerprint density at radius 3 is 2.71 bits per heavy atom. The molecule has 1 atom stereocenters. The zero-order valence-corrected chi connectivity index (χ0v) is 13.7. The van der Waals surface area contributed by atoms with Gasteiger partial charge in [-0.3, -0.25) is 4.79 Å². The second-order valence-corrected chi connectivity index (χ2v) is 6.03. The fraction of sp³-hybridized carbons (Fsp3) is 0.389. The molecular formula is C18H21N3O3. The van der Waals surface area contributed by atoms with E-state index in [-0.39, 0.29) is 0 Å². The largest absolute Gasteiger partial charge is 0.480 e. The summed E-state index contributed by atoms with van der Waals surface area (Å²) in [5.41, 5.74) is 3.26. The van der Waals surface area contributed by atoms with Crippen LogP contribution in [0.2, 0.25) is 0 Å². The Balaban J connectivity index is 1.92. The number of aromatic nitrogens is 2. The van der Waals surface area contributed by atoms with E-state index in [0.717, 1.165) is 36.2 Å². The van der Waals surface area contributed by atoms with Crippen LogP contribution in [0.3, 0.4) is 0 Å². The molecule has 126 valence electrons. The van der Waals surface area contributed by atoms with Gasteiger partial charge < -0.3 is 10.4 Å². The van der Waals surface area contributed by atoms with Crippen molar-refractivity contribution in [2.75, 3.05) is 0 Å². The average molecular weight is 327 g/mol. The molecule has 0 saturated heterocycles. The standard InChI is InChI=1S/C18H21N3O3/c1-2-7-14(18(23)24)19-17(22)16-13-10-6-11-15(13)21(20-16)12-8-4-3-5-9-12/h3-5,8-9,14H,2,6-7,10-11H2,1H3,(H,19,22)(H,23,24). The number of carbonyl (C=O) groups excluding carboxylic acids is 1. The summed E-state index contributed by atoms with van der Waals surface area (Å²) >= 11 is 0. The molecule has 0 aliphatic heterocycles. The van der Waals surface area contributed by atoms with Crippen LogP contribution in [0.25, 0.3) is 5.69 Å². The van der Waals surface area contributed by atoms with Crippen molar-refractivity contribution < 1.29 is 14.7 Å². The molecule has 0 radical (unpaired) electrons. The number of nitrogens with one attached hydrogen (secondary N) is 1. The zero-order valence-electron chi connectivity index (χ0n) is 13.7. The van der Waals surface area contributed by atoms with Crippen molar-refractivity contribution >= 4 is 11.9 Å². The minimum Gasteiger partial charge on any atom is -0.480 e. The van der Waals surface area contributed by atoms with Crippen molar-refractivity contribution in [3.63, 3.8) is 0 Å². The highest BCUT2D eigenvalue weighted by Gasteiger charge is 2.29. The number of amides is 1. The van der Waals surface area contributed by atoms with E-state index < -0.39 is 17.9 Å². The van der Waals surface area contributed by atoms with Crippen molar-refractivity contribution in [2.24, 2.45) is 0 Å². The SMILES string of the molecule is CCCC(NC(=O)c1nn(-c2ccccc2)c2c1CCC2)C(=O)O. The van der Waals surface area contributed by atoms with Crippen LogP contribution in [-0.2, 0) is 17.6 Å². The zero-order chi connectivity index (χ0) is 17.1. The highest BCUT2D eigenvalue weighted by molar-refractivity contribution is 5.96. The first-order valence-electron chi connectivity index (χ1n) is 8.31. The molecule has 24 heavy (non-hydrogen) atoms. The molecule has 1 unspecified atom stereocenters. The lowest BCUT2D eigenvalue weighted by Crippen LogP contribution is -2.41. The van der Waals surface area contributed by atoms with Crippen LogP contribution in [0.5, 0.6) is 0 Å². The molecule has 2 aromatic rings. The molecule has 2 N–H and O–H groups in total. The average Bonchev–Trinajstić information content (AvgIpc) is 3.17. The number of rotatable bonds is 6. The van der Waals surface area contributed by atoms with E-state index in [4.69, 9.17) is 0 Å². The first kappa shape index (κ1) is 16.2. The predicted molar refractivity (Wildman–Crippen MR) is 89.4 cm³/mol. The maximum Gasteiger partial charge on any atom is 0.326 e. The molecule has 1 heterocycles. The van der Waals surface area contributed by atoms with Gasteiger partial charge in [0.1, 0.15) is 6.04 Å². The number of benzene rings is 1. The maximum atomic E-state index is 12.6. The van der Waals surface area contributed by atoms with Gasteiger partial charge in [-0.05, 0) is 37.8 Å². The van der Waals surface area contributed by atoms with Crippen molar-refractivity contribution in [1.29, 1.82) is 0 Å². The molecular weight excluding hydrogens is 306 g/mol. The van der Waals surface area contributed by atoms with Crippen LogP contribution in [0.15, 0.2) is 30.3 Å². The van der Waals surface area contributed by atoms with E-state index in [9.17, 15) is 14.7 Å². The van der Waals surface area contributed by atoms with E-state index >= 15 is 0 Å². The minimum atomic E-state index is -1.01. The van der Waals surface area contributed by atoms with Gasteiger partial charge in [-0.1, -0.05) is 31.5 Å². The molecule has 1 amide bonds. The Morgan fingerprint density at radius 2 is 2.04 bits per heavy atom. The van der Waals surface area contributed by atoms with E-state index in [1.165, 1.54) is 0 Å². The molecule has 1 aromatic carbocycles. The van der Waals surface area contributed by atoms with Crippen molar-refractivity contribution in [2.45, 2.75) is 45.1 Å². The van der Waals surface area contributed by atoms with Gasteiger partial charge in [0.25, 0.3) is 5.91 Å². The minimum absolute atomic E-state index is 0.355. The predicted octanol–water partition coefficient (Wildman–Crippen LogP) is 2.34. The number of carboxylic acids is 1. The van der Waals surface area contributed by atoms with Crippen molar-refractivity contribution in [1.82, 2.24) is 15.1 Å². The smallest absolute Gasteiger partial charge is 0.326 e. The van der Waals surface area contributed by atoms with Gasteiger partial charge in [0.2, 0.25) is 0 Å². The molecule has 0 saturated carbocycles. The fourth-order valence-electron chi connectivity index (χ4n) is 3.18. The lowest BCUT2D eigenvalue weighted by atomic mass is 10.1. The third kappa shape index (κ3) is 3.04. The van der Waals surface area contributed by atoms with E-state index in [2.05, 4.69) is 10.4 Å². The maximum absolute atomic E-state index is 12.6. The van der Waals surface area contributed by atoms with E-state index in [0.29, 0.717) is 18.5 Å². The highest BCUT2D eigenvalue weighted by Crippen LogP contribution is 2.27. The summed E-state index contributed by atoms with van der Waals surface area (Å²) in [5.74, 6) is -1.41. The lowest BCUT2D eigenvalue weighted by molar-refractivity contribution is -0.139. The number of carboxylic acid groups (broad SMARTS) is 1. The summed E-state index contributed by atoms with van der Waals surface area (Å²) in [4.78, 5) is 23.9. The monoisotopic (exact) mass is 327 g/mol. The Labute approximate surface area is 140 Å². The van der Waals surface area contributed by atoms with Crippen molar-refractivity contribution in [3.8, 4) is 5.69 Å². The Bertz CT molecular complexity index is 752. The molecule has 0 fully saturated rings. The van der Waals surface area contributed by atoms with Gasteiger partial charge >= 0.3 is 5.97 Å². The van der Waals surface area contributed by atoms with Crippen LogP contribution in [0.4, 0.5) is 0 Å². The van der Waals surface area contributed by atoms with Crippen LogP contribution in [0, 0.1) is 0 Å². The van der Waals surface area contributed by atoms with Crippen LogP contribution < -0.4 is 5.32 Å². The summed E-state index contributed by atoms with van der Waals surface area (Å²) in [6, 6.07) is 8.82. The van der Waals surface area contributed by atoms with Gasteiger partial charge in [-0.25, -0.2) is 9.48 Å². The molecule has 3 rings (SSSR count). The Kier molecular flexibility index (Phi) is 4.64. The molecule has 1 aromatic heterocycles. The number of fused-ring (bicyclic) bond motifs is 1. The van der Waals surface area contributed by atoms with Crippen LogP contribution in [-0.4, -0.2) is 32.8 Å². The lowest BCUT2D eigenvalue weighted by Gasteiger charge is -2.12. The number of aliphatic carboxylic acids is 1. The van der Waals surface area contributed by atoms with Crippen LogP contribution in [0.1, 0.15) is 47.9 Å². The number of hydrogen-bond donors (Lipinski definition) is 2. The molecule has 6 heteroatoms. The highest BCUT2D eigenvalue weighted by atomic mass is 16.4. The van der Waals surface area contributed by atoms with Crippen LogP contribution >= 0.6 is 0 Å². The molecule has 0 bridgehead atoms. The topological polar surface area (TPSA) is 84.2 Å². The third-order valence-electron chi connectivity index (χ3n) is 4.33. The summed E-state index contributed by atoms with van der Waals surface area (Å²) in [6.45, 7) is 1.89. The number of hydrogen-bond acceptors (Lipinski definition) is 3. The number of nitrogens with zero attached hydrogens (tertiary/aromatic N) is 2. The molecule has 1 aliphatic carbocycles. The Hall–Kier alpha value is -2.63. The van der Waals surface area contributed by atoms with Gasteiger partial charge in [-0.2, -0.15) is 5.10 Å². The Morgan fingerprint density at radius 1 is 1.29 bits per heavy atom. The fourth-order valence-corrected chi connectivity index (χ4v) is 3.18. The van der Waals surface area contributed by atoms with Crippen molar-refractivity contribution in [3.05, 3.63) is 47.3 Å². The second-order valence-electron chi connectivity index (χ2n) is 6.03. The first-order valence-corrected chi connectivity index (χ1v) is 8.31. The third-order valence-corrected chi connectivity index (χ3v) is 4.33. The quantitative estimate of drug-likeness (QED) is 0.853. The second kappa shape index (κ2) is 6.86. The van der Waals surface area contributed by atoms with E-state index in [1.807, 2.05) is 41.9 Å². The number of para-hydroxylation sites is 1. The van der Waals surface area contributed by atoms with Gasteiger partial charge in [-0.15, -0.1) is 0 Å². The summed E-state index contributed by atoms with van der Waals surface area (Å²) in [6.07, 6.45) is 3.76. The first-order chi connectivity index (χ1) is 11.6. The van der Waals surface area contributed by atoms with Gasteiger partial charge in [0.15, 0.2) is 5.69 Å². The molecule has 6 nitrogen and oxygen atoms in total. The molecule has 1 aliphatic rings. The van der Waals surface area contributed by atoms with Gasteiger partial charge in [0, 0.05) is 11.3 Å². The normalized spacial score (nSPS) is 14.2. The summed E-state index contributed by atoms with van der Waals surface area (Å²) in [5, 5.41) is 16.3. The summed E-state index contributed by atoms with van der Waals surface area (Å²) in [7, 11) is 0.